The highest BCUT2D eigenvalue weighted by atomic mass is 19.1. The summed E-state index contributed by atoms with van der Waals surface area (Å²) in [5.74, 6) is -1.90. The lowest BCUT2D eigenvalue weighted by Gasteiger charge is -2.32. The van der Waals surface area contributed by atoms with Crippen molar-refractivity contribution in [2.45, 2.75) is 57.6 Å². The van der Waals surface area contributed by atoms with Crippen molar-refractivity contribution >= 4 is 5.91 Å². The number of aromatic nitrogens is 1. The Balaban J connectivity index is 1.37. The first kappa shape index (κ1) is 28.7. The van der Waals surface area contributed by atoms with Gasteiger partial charge in [0.1, 0.15) is 11.6 Å². The number of nitrogens with one attached hydrogen (secondary N) is 2. The van der Waals surface area contributed by atoms with Crippen LogP contribution in [0.5, 0.6) is 0 Å². The first-order valence-corrected chi connectivity index (χ1v) is 13.9. The molecule has 41 heavy (non-hydrogen) atoms. The maximum absolute atomic E-state index is 14.0. The molecule has 8 heteroatoms. The van der Waals surface area contributed by atoms with Crippen LogP contribution in [0.25, 0.3) is 5.69 Å². The van der Waals surface area contributed by atoms with Crippen LogP contribution in [-0.2, 0) is 41.1 Å². The molecule has 0 radical (unpaired) electrons. The second-order valence-corrected chi connectivity index (χ2v) is 10.6. The second kappa shape index (κ2) is 12.3. The van der Waals surface area contributed by atoms with E-state index in [1.807, 2.05) is 59.3 Å². The highest BCUT2D eigenvalue weighted by Gasteiger charge is 2.42. The zero-order valence-corrected chi connectivity index (χ0v) is 23.2. The van der Waals surface area contributed by atoms with Gasteiger partial charge < -0.3 is 25.0 Å². The molecule has 0 fully saturated rings. The molecule has 0 aliphatic carbocycles. The SMILES string of the molecule is CCc1cccc(CNC[C@@H](O)[C@H](Cc2cc(F)cc(F)c2)NC(=O)C2(C)OCc3ccccc3-n3cccc32)c1. The van der Waals surface area contributed by atoms with Gasteiger partial charge in [0.15, 0.2) is 5.60 Å². The van der Waals surface area contributed by atoms with Crippen molar-refractivity contribution in [3.63, 3.8) is 0 Å². The van der Waals surface area contributed by atoms with Crippen LogP contribution in [0.4, 0.5) is 8.78 Å². The minimum atomic E-state index is -1.39. The van der Waals surface area contributed by atoms with Crippen molar-refractivity contribution in [3.05, 3.63) is 125 Å². The lowest BCUT2D eigenvalue weighted by Crippen LogP contribution is -2.54. The third-order valence-corrected chi connectivity index (χ3v) is 7.68. The monoisotopic (exact) mass is 559 g/mol. The number of halogens is 2. The molecular weight excluding hydrogens is 524 g/mol. The van der Waals surface area contributed by atoms with Crippen LogP contribution in [0.2, 0.25) is 0 Å². The Kier molecular flexibility index (Phi) is 8.63. The Labute approximate surface area is 239 Å². The van der Waals surface area contributed by atoms with E-state index < -0.39 is 35.3 Å². The van der Waals surface area contributed by atoms with Gasteiger partial charge in [0, 0.05) is 30.9 Å². The maximum atomic E-state index is 14.0. The Morgan fingerprint density at radius 3 is 2.54 bits per heavy atom. The Morgan fingerprint density at radius 1 is 1.00 bits per heavy atom. The van der Waals surface area contributed by atoms with Gasteiger partial charge in [-0.1, -0.05) is 49.4 Å². The van der Waals surface area contributed by atoms with E-state index in [0.717, 1.165) is 29.3 Å². The van der Waals surface area contributed by atoms with Crippen molar-refractivity contribution in [2.24, 2.45) is 0 Å². The van der Waals surface area contributed by atoms with Crippen LogP contribution in [0, 0.1) is 11.6 Å². The molecule has 1 amide bonds. The highest BCUT2D eigenvalue weighted by molar-refractivity contribution is 5.86. The van der Waals surface area contributed by atoms with Gasteiger partial charge in [-0.05, 0) is 66.8 Å². The first-order valence-electron chi connectivity index (χ1n) is 13.9. The van der Waals surface area contributed by atoms with Crippen LogP contribution in [0.1, 0.15) is 41.8 Å². The molecule has 1 unspecified atom stereocenters. The molecule has 5 rings (SSSR count). The summed E-state index contributed by atoms with van der Waals surface area (Å²) in [5.41, 5.74) is 3.72. The lowest BCUT2D eigenvalue weighted by molar-refractivity contribution is -0.150. The number of aliphatic hydroxyl groups excluding tert-OH is 1. The summed E-state index contributed by atoms with van der Waals surface area (Å²) >= 11 is 0. The quantitative estimate of drug-likeness (QED) is 0.257. The van der Waals surface area contributed by atoms with Crippen molar-refractivity contribution in [3.8, 4) is 5.69 Å². The van der Waals surface area contributed by atoms with E-state index in [9.17, 15) is 18.7 Å². The summed E-state index contributed by atoms with van der Waals surface area (Å²) < 4.78 is 36.2. The van der Waals surface area contributed by atoms with Gasteiger partial charge in [0.25, 0.3) is 5.91 Å². The number of aryl methyl sites for hydroxylation is 1. The number of rotatable bonds is 10. The fraction of sp³-hybridized carbons (Fsp3) is 0.303. The van der Waals surface area contributed by atoms with E-state index >= 15 is 0 Å². The van der Waals surface area contributed by atoms with Crippen molar-refractivity contribution in [1.29, 1.82) is 0 Å². The lowest BCUT2D eigenvalue weighted by atomic mass is 9.96. The van der Waals surface area contributed by atoms with E-state index in [2.05, 4.69) is 29.7 Å². The summed E-state index contributed by atoms with van der Waals surface area (Å²) in [7, 11) is 0. The van der Waals surface area contributed by atoms with Crippen molar-refractivity contribution in [2.75, 3.05) is 6.54 Å². The van der Waals surface area contributed by atoms with Gasteiger partial charge in [-0.15, -0.1) is 0 Å². The molecule has 3 atom stereocenters. The van der Waals surface area contributed by atoms with E-state index in [1.165, 1.54) is 17.7 Å². The number of carbonyl (C=O) groups excluding carboxylic acids is 1. The third-order valence-electron chi connectivity index (χ3n) is 7.68. The van der Waals surface area contributed by atoms with Gasteiger partial charge in [0.05, 0.1) is 30.1 Å². The van der Waals surface area contributed by atoms with Crippen LogP contribution in [0.15, 0.2) is 85.1 Å². The minimum Gasteiger partial charge on any atom is -0.390 e. The smallest absolute Gasteiger partial charge is 0.258 e. The summed E-state index contributed by atoms with van der Waals surface area (Å²) in [6.45, 7) is 4.67. The molecule has 1 aromatic heterocycles. The topological polar surface area (TPSA) is 75.5 Å². The molecule has 4 aromatic rings. The Morgan fingerprint density at radius 2 is 1.76 bits per heavy atom. The number of carbonyl (C=O) groups is 1. The number of benzene rings is 3. The van der Waals surface area contributed by atoms with E-state index in [4.69, 9.17) is 4.74 Å². The largest absolute Gasteiger partial charge is 0.390 e. The van der Waals surface area contributed by atoms with Gasteiger partial charge in [0.2, 0.25) is 0 Å². The van der Waals surface area contributed by atoms with E-state index in [-0.39, 0.29) is 19.6 Å². The first-order chi connectivity index (χ1) is 19.8. The molecule has 0 saturated heterocycles. The van der Waals surface area contributed by atoms with Gasteiger partial charge >= 0.3 is 0 Å². The minimum absolute atomic E-state index is 0.0197. The summed E-state index contributed by atoms with van der Waals surface area (Å²) in [6, 6.07) is 22.0. The average Bonchev–Trinajstić information content (AvgIpc) is 3.42. The molecule has 0 bridgehead atoms. The number of hydrogen-bond donors (Lipinski definition) is 3. The normalized spacial score (nSPS) is 17.7. The molecule has 6 nitrogen and oxygen atoms in total. The fourth-order valence-corrected chi connectivity index (χ4v) is 5.36. The number of amides is 1. The van der Waals surface area contributed by atoms with Crippen molar-refractivity contribution < 1.29 is 23.4 Å². The number of nitrogens with zero attached hydrogens (tertiary/aromatic N) is 1. The Bertz CT molecular complexity index is 1500. The van der Waals surface area contributed by atoms with E-state index in [1.54, 1.807) is 6.92 Å². The van der Waals surface area contributed by atoms with Crippen LogP contribution >= 0.6 is 0 Å². The second-order valence-electron chi connectivity index (χ2n) is 10.6. The van der Waals surface area contributed by atoms with Crippen LogP contribution in [-0.4, -0.2) is 34.3 Å². The van der Waals surface area contributed by atoms with Gasteiger partial charge in [-0.3, -0.25) is 4.79 Å². The molecule has 2 heterocycles. The standard InChI is InChI=1S/C33H35F2N3O3/c1-3-22-8-6-9-23(14-22)19-36-20-30(39)28(17-24-15-26(34)18-27(35)16-24)37-32(40)33(2)31-12-7-13-38(31)29-11-5-4-10-25(29)21-41-33/h4-16,18,28,30,36,39H,3,17,19-21H2,1-2H3,(H,37,40)/t28-,30+,33?/m0/s1. The van der Waals surface area contributed by atoms with Gasteiger partial charge in [-0.25, -0.2) is 8.78 Å². The fourth-order valence-electron chi connectivity index (χ4n) is 5.36. The molecule has 3 aromatic carbocycles. The molecule has 214 valence electrons. The molecule has 1 aliphatic rings. The zero-order valence-electron chi connectivity index (χ0n) is 23.2. The van der Waals surface area contributed by atoms with Crippen molar-refractivity contribution in [1.82, 2.24) is 15.2 Å². The van der Waals surface area contributed by atoms with Crippen LogP contribution in [0.3, 0.4) is 0 Å². The number of para-hydroxylation sites is 1. The summed E-state index contributed by atoms with van der Waals surface area (Å²) in [4.78, 5) is 14.0. The predicted octanol–water partition coefficient (Wildman–Crippen LogP) is 4.94. The average molecular weight is 560 g/mol. The number of aliphatic hydroxyl groups is 1. The summed E-state index contributed by atoms with van der Waals surface area (Å²) in [6.07, 6.45) is 1.77. The van der Waals surface area contributed by atoms with Crippen LogP contribution < -0.4 is 10.6 Å². The van der Waals surface area contributed by atoms with Gasteiger partial charge in [-0.2, -0.15) is 0 Å². The summed E-state index contributed by atoms with van der Waals surface area (Å²) in [5, 5.41) is 17.5. The van der Waals surface area contributed by atoms with E-state index in [0.29, 0.717) is 17.8 Å². The predicted molar refractivity (Wildman–Crippen MR) is 153 cm³/mol. The molecule has 0 spiro atoms. The zero-order chi connectivity index (χ0) is 29.0. The molecule has 1 aliphatic heterocycles. The molecule has 3 N–H and O–H groups in total. The number of fused-ring (bicyclic) bond motifs is 3. The number of ether oxygens (including phenoxy) is 1. The molecule has 0 saturated carbocycles. The highest BCUT2D eigenvalue weighted by Crippen LogP contribution is 2.35. The molecular formula is C33H35F2N3O3. The Hall–Kier alpha value is -3.85. The maximum Gasteiger partial charge on any atom is 0.258 e. The third kappa shape index (κ3) is 6.40. The number of hydrogen-bond acceptors (Lipinski definition) is 4.